The molecule has 4 rings (SSSR count). The van der Waals surface area contributed by atoms with Gasteiger partial charge in [0, 0.05) is 12.1 Å². The van der Waals surface area contributed by atoms with E-state index in [0.717, 1.165) is 37.1 Å². The Bertz CT molecular complexity index is 936. The van der Waals surface area contributed by atoms with E-state index in [1.165, 1.54) is 0 Å². The van der Waals surface area contributed by atoms with Gasteiger partial charge in [-0.3, -0.25) is 9.59 Å². The SMILES string of the molecule is CCc1ccc(C(=O)COC(=O)c2ccc3c(c2)NC(=O)[C@H]2CCCN32)cc1. The lowest BCUT2D eigenvalue weighted by Crippen LogP contribution is -2.43. The number of fused-ring (bicyclic) bond motifs is 3. The van der Waals surface area contributed by atoms with E-state index in [-0.39, 0.29) is 24.3 Å². The van der Waals surface area contributed by atoms with E-state index >= 15 is 0 Å². The molecule has 28 heavy (non-hydrogen) atoms. The Balaban J connectivity index is 1.43. The Morgan fingerprint density at radius 2 is 1.89 bits per heavy atom. The molecule has 2 heterocycles. The number of anilines is 2. The number of ether oxygens (including phenoxy) is 1. The molecule has 2 aromatic rings. The van der Waals surface area contributed by atoms with Crippen LogP contribution in [0.25, 0.3) is 0 Å². The molecular formula is C22H22N2O4. The average molecular weight is 378 g/mol. The normalized spacial score (nSPS) is 17.5. The largest absolute Gasteiger partial charge is 0.454 e. The minimum atomic E-state index is -0.584. The number of Topliss-reactive ketones (excluding diaryl/α,β-unsaturated/α-hetero) is 1. The Morgan fingerprint density at radius 3 is 2.64 bits per heavy atom. The molecule has 144 valence electrons. The van der Waals surface area contributed by atoms with Crippen LogP contribution in [0.5, 0.6) is 0 Å². The third kappa shape index (κ3) is 3.38. The van der Waals surface area contributed by atoms with Crippen molar-refractivity contribution in [1.29, 1.82) is 0 Å². The van der Waals surface area contributed by atoms with Crippen LogP contribution in [0.4, 0.5) is 11.4 Å². The van der Waals surface area contributed by atoms with E-state index in [1.54, 1.807) is 24.3 Å². The van der Waals surface area contributed by atoms with Gasteiger partial charge in [0.25, 0.3) is 0 Å². The van der Waals surface area contributed by atoms with Gasteiger partial charge in [-0.05, 0) is 43.0 Å². The zero-order valence-electron chi connectivity index (χ0n) is 15.7. The molecule has 2 aromatic carbocycles. The summed E-state index contributed by atoms with van der Waals surface area (Å²) in [6, 6.07) is 12.3. The topological polar surface area (TPSA) is 75.7 Å². The van der Waals surface area contributed by atoms with Crippen molar-refractivity contribution < 1.29 is 19.1 Å². The maximum Gasteiger partial charge on any atom is 0.338 e. The van der Waals surface area contributed by atoms with Crippen LogP contribution in [0.2, 0.25) is 0 Å². The molecule has 2 aliphatic heterocycles. The first-order valence-electron chi connectivity index (χ1n) is 9.57. The number of aryl methyl sites for hydroxylation is 1. The summed E-state index contributed by atoms with van der Waals surface area (Å²) in [4.78, 5) is 38.9. The van der Waals surface area contributed by atoms with Crippen LogP contribution in [0.3, 0.4) is 0 Å². The zero-order valence-corrected chi connectivity index (χ0v) is 15.7. The third-order valence-electron chi connectivity index (χ3n) is 5.37. The fourth-order valence-corrected chi connectivity index (χ4v) is 3.78. The zero-order chi connectivity index (χ0) is 19.7. The van der Waals surface area contributed by atoms with Gasteiger partial charge in [0.2, 0.25) is 5.91 Å². The minimum absolute atomic E-state index is 0.0405. The molecule has 1 N–H and O–H groups in total. The Hall–Kier alpha value is -3.15. The molecule has 0 unspecified atom stereocenters. The second-order valence-electron chi connectivity index (χ2n) is 7.12. The van der Waals surface area contributed by atoms with Crippen LogP contribution < -0.4 is 10.2 Å². The smallest absolute Gasteiger partial charge is 0.338 e. The van der Waals surface area contributed by atoms with Crippen molar-refractivity contribution >= 4 is 29.0 Å². The van der Waals surface area contributed by atoms with Crippen LogP contribution in [0.15, 0.2) is 42.5 Å². The Kier molecular flexibility index (Phi) is 4.86. The van der Waals surface area contributed by atoms with E-state index in [1.807, 2.05) is 25.1 Å². The fourth-order valence-electron chi connectivity index (χ4n) is 3.78. The van der Waals surface area contributed by atoms with Crippen LogP contribution in [0, 0.1) is 0 Å². The number of hydrogen-bond acceptors (Lipinski definition) is 5. The molecule has 6 nitrogen and oxygen atoms in total. The molecule has 0 aromatic heterocycles. The first-order valence-corrected chi connectivity index (χ1v) is 9.57. The van der Waals surface area contributed by atoms with E-state index in [2.05, 4.69) is 10.2 Å². The Labute approximate surface area is 163 Å². The second kappa shape index (κ2) is 7.46. The van der Waals surface area contributed by atoms with Crippen molar-refractivity contribution in [2.75, 3.05) is 23.4 Å². The standard InChI is InChI=1S/C22H22N2O4/c1-2-14-5-7-15(8-6-14)20(25)13-28-22(27)16-9-10-18-17(12-16)23-21(26)19-4-3-11-24(18)19/h5-10,12,19H,2-4,11,13H2,1H3,(H,23,26)/t19-/m1/s1. The third-order valence-corrected chi connectivity index (χ3v) is 5.37. The molecule has 1 fully saturated rings. The molecule has 1 amide bonds. The molecule has 0 saturated carbocycles. The van der Waals surface area contributed by atoms with Crippen LogP contribution in [-0.4, -0.2) is 36.9 Å². The molecule has 1 atom stereocenters. The molecule has 0 bridgehead atoms. The van der Waals surface area contributed by atoms with Crippen molar-refractivity contribution in [1.82, 2.24) is 0 Å². The number of amides is 1. The maximum atomic E-state index is 12.4. The minimum Gasteiger partial charge on any atom is -0.454 e. The number of nitrogens with zero attached hydrogens (tertiary/aromatic N) is 1. The molecule has 6 heteroatoms. The predicted octanol–water partition coefficient (Wildman–Crippen LogP) is 3.21. The van der Waals surface area contributed by atoms with Crippen LogP contribution in [-0.2, 0) is 16.0 Å². The molecule has 0 aliphatic carbocycles. The molecule has 2 aliphatic rings. The lowest BCUT2D eigenvalue weighted by Gasteiger charge is -2.33. The summed E-state index contributed by atoms with van der Waals surface area (Å²) >= 11 is 0. The molecular weight excluding hydrogens is 356 g/mol. The number of carbonyl (C=O) groups is 3. The number of carbonyl (C=O) groups excluding carboxylic acids is 3. The first-order chi connectivity index (χ1) is 13.6. The van der Waals surface area contributed by atoms with Crippen molar-refractivity contribution in [3.8, 4) is 0 Å². The lowest BCUT2D eigenvalue weighted by molar-refractivity contribution is -0.117. The highest BCUT2D eigenvalue weighted by Crippen LogP contribution is 2.37. The van der Waals surface area contributed by atoms with Gasteiger partial charge >= 0.3 is 5.97 Å². The highest BCUT2D eigenvalue weighted by atomic mass is 16.5. The van der Waals surface area contributed by atoms with Gasteiger partial charge in [-0.1, -0.05) is 31.2 Å². The average Bonchev–Trinajstić information content (AvgIpc) is 3.22. The van der Waals surface area contributed by atoms with Gasteiger partial charge in [-0.25, -0.2) is 4.79 Å². The quantitative estimate of drug-likeness (QED) is 0.639. The van der Waals surface area contributed by atoms with Crippen LogP contribution in [0.1, 0.15) is 46.0 Å². The van der Waals surface area contributed by atoms with Gasteiger partial charge in [-0.2, -0.15) is 0 Å². The molecule has 0 radical (unpaired) electrons. The summed E-state index contributed by atoms with van der Waals surface area (Å²) in [5, 5.41) is 2.87. The van der Waals surface area contributed by atoms with Crippen molar-refractivity contribution in [3.63, 3.8) is 0 Å². The van der Waals surface area contributed by atoms with Crippen LogP contribution >= 0.6 is 0 Å². The summed E-state index contributed by atoms with van der Waals surface area (Å²) in [5.41, 5.74) is 3.50. The monoisotopic (exact) mass is 378 g/mol. The summed E-state index contributed by atoms with van der Waals surface area (Å²) in [7, 11) is 0. The van der Waals surface area contributed by atoms with Gasteiger partial charge in [0.1, 0.15) is 6.04 Å². The summed E-state index contributed by atoms with van der Waals surface area (Å²) < 4.78 is 5.19. The maximum absolute atomic E-state index is 12.4. The lowest BCUT2D eigenvalue weighted by atomic mass is 10.1. The van der Waals surface area contributed by atoms with Crippen molar-refractivity contribution in [2.24, 2.45) is 0 Å². The number of esters is 1. The van der Waals surface area contributed by atoms with E-state index in [0.29, 0.717) is 16.8 Å². The highest BCUT2D eigenvalue weighted by Gasteiger charge is 2.36. The highest BCUT2D eigenvalue weighted by molar-refractivity contribution is 6.06. The van der Waals surface area contributed by atoms with E-state index in [4.69, 9.17) is 4.74 Å². The second-order valence-corrected chi connectivity index (χ2v) is 7.12. The van der Waals surface area contributed by atoms with Gasteiger partial charge < -0.3 is 15.0 Å². The van der Waals surface area contributed by atoms with Gasteiger partial charge in [0.15, 0.2) is 12.4 Å². The fraction of sp³-hybridized carbons (Fsp3) is 0.318. The number of rotatable bonds is 5. The number of hydrogen-bond donors (Lipinski definition) is 1. The van der Waals surface area contributed by atoms with Gasteiger partial charge in [-0.15, -0.1) is 0 Å². The van der Waals surface area contributed by atoms with Crippen molar-refractivity contribution in [3.05, 3.63) is 59.2 Å². The number of benzene rings is 2. The number of ketones is 1. The predicted molar refractivity (Wildman–Crippen MR) is 106 cm³/mol. The molecule has 1 saturated heterocycles. The summed E-state index contributed by atoms with van der Waals surface area (Å²) in [6.07, 6.45) is 2.72. The number of nitrogens with one attached hydrogen (secondary N) is 1. The molecule has 0 spiro atoms. The Morgan fingerprint density at radius 1 is 1.14 bits per heavy atom. The first kappa shape index (κ1) is 18.2. The van der Waals surface area contributed by atoms with E-state index in [9.17, 15) is 14.4 Å². The summed E-state index contributed by atoms with van der Waals surface area (Å²) in [5.74, 6) is -0.873. The summed E-state index contributed by atoms with van der Waals surface area (Å²) in [6.45, 7) is 2.56. The van der Waals surface area contributed by atoms with Gasteiger partial charge in [0.05, 0.1) is 16.9 Å². The van der Waals surface area contributed by atoms with Crippen molar-refractivity contribution in [2.45, 2.75) is 32.2 Å². The van der Waals surface area contributed by atoms with E-state index < -0.39 is 5.97 Å².